The maximum Gasteiger partial charge on any atom is 0.101 e. The van der Waals surface area contributed by atoms with E-state index in [2.05, 4.69) is 17.1 Å². The molecular weight excluding hydrogens is 244 g/mol. The summed E-state index contributed by atoms with van der Waals surface area (Å²) in [7, 11) is 0. The first kappa shape index (κ1) is 14.0. The van der Waals surface area contributed by atoms with Crippen LogP contribution >= 0.6 is 11.3 Å². The molecule has 1 aliphatic rings. The molecule has 3 nitrogen and oxygen atoms in total. The minimum atomic E-state index is -0.357. The van der Waals surface area contributed by atoms with Crippen molar-refractivity contribution >= 4 is 11.3 Å². The van der Waals surface area contributed by atoms with Crippen LogP contribution in [0.2, 0.25) is 0 Å². The zero-order chi connectivity index (χ0) is 12.8. The number of aliphatic hydroxyl groups is 1. The maximum absolute atomic E-state index is 9.94. The molecule has 2 N–H and O–H groups in total. The van der Waals surface area contributed by atoms with Gasteiger partial charge in [0, 0.05) is 18.0 Å². The molecule has 2 heterocycles. The molecule has 1 aromatic heterocycles. The van der Waals surface area contributed by atoms with Gasteiger partial charge in [0.15, 0.2) is 0 Å². The van der Waals surface area contributed by atoms with E-state index in [-0.39, 0.29) is 6.10 Å². The van der Waals surface area contributed by atoms with Crippen LogP contribution in [0, 0.1) is 5.92 Å². The molecule has 1 saturated heterocycles. The van der Waals surface area contributed by atoms with Crippen LogP contribution < -0.4 is 5.32 Å². The minimum Gasteiger partial charge on any atom is -0.386 e. The van der Waals surface area contributed by atoms with Crippen LogP contribution in [0.4, 0.5) is 0 Å². The Balaban J connectivity index is 1.59. The lowest BCUT2D eigenvalue weighted by atomic mass is 10.1. The molecule has 1 fully saturated rings. The molecule has 0 amide bonds. The van der Waals surface area contributed by atoms with E-state index in [4.69, 9.17) is 0 Å². The second kappa shape index (κ2) is 7.24. The van der Waals surface area contributed by atoms with Crippen molar-refractivity contribution in [2.24, 2.45) is 5.92 Å². The summed E-state index contributed by atoms with van der Waals surface area (Å²) in [4.78, 5) is 3.59. The fourth-order valence-electron chi connectivity index (χ4n) is 2.52. The number of hydrogen-bond donors (Lipinski definition) is 2. The Morgan fingerprint density at radius 3 is 2.83 bits per heavy atom. The van der Waals surface area contributed by atoms with Crippen LogP contribution in [0.15, 0.2) is 17.5 Å². The van der Waals surface area contributed by atoms with Gasteiger partial charge in [-0.15, -0.1) is 11.3 Å². The number of nitrogens with zero attached hydrogens (tertiary/aromatic N) is 1. The molecule has 1 aromatic rings. The third kappa shape index (κ3) is 4.35. The van der Waals surface area contributed by atoms with Crippen molar-refractivity contribution in [2.75, 3.05) is 32.7 Å². The lowest BCUT2D eigenvalue weighted by Gasteiger charge is -2.21. The van der Waals surface area contributed by atoms with E-state index >= 15 is 0 Å². The zero-order valence-electron chi connectivity index (χ0n) is 11.1. The van der Waals surface area contributed by atoms with Crippen molar-refractivity contribution < 1.29 is 5.11 Å². The summed E-state index contributed by atoms with van der Waals surface area (Å²) in [6.07, 6.45) is 2.36. The van der Waals surface area contributed by atoms with E-state index in [1.165, 1.54) is 32.5 Å². The minimum absolute atomic E-state index is 0.357. The molecule has 0 saturated carbocycles. The van der Waals surface area contributed by atoms with Gasteiger partial charge in [-0.1, -0.05) is 13.0 Å². The number of aliphatic hydroxyl groups excluding tert-OH is 1. The fourth-order valence-corrected chi connectivity index (χ4v) is 3.23. The van der Waals surface area contributed by atoms with Crippen molar-refractivity contribution in [1.29, 1.82) is 0 Å². The van der Waals surface area contributed by atoms with Gasteiger partial charge in [-0.3, -0.25) is 0 Å². The van der Waals surface area contributed by atoms with Gasteiger partial charge in [0.1, 0.15) is 6.10 Å². The third-order valence-corrected chi connectivity index (χ3v) is 4.44. The zero-order valence-corrected chi connectivity index (χ0v) is 12.0. The molecule has 4 heteroatoms. The normalized spacial score (nSPS) is 20.1. The van der Waals surface area contributed by atoms with Gasteiger partial charge in [0.25, 0.3) is 0 Å². The van der Waals surface area contributed by atoms with Crippen LogP contribution in [0.5, 0.6) is 0 Å². The third-order valence-electron chi connectivity index (χ3n) is 3.47. The number of thiophene rings is 1. The molecule has 102 valence electrons. The van der Waals surface area contributed by atoms with Crippen LogP contribution in [0.1, 0.15) is 30.7 Å². The van der Waals surface area contributed by atoms with E-state index in [1.54, 1.807) is 11.3 Å². The van der Waals surface area contributed by atoms with Crippen molar-refractivity contribution in [1.82, 2.24) is 10.2 Å². The molecule has 0 spiro atoms. The van der Waals surface area contributed by atoms with E-state index < -0.39 is 0 Å². The molecule has 2 rings (SSSR count). The smallest absolute Gasteiger partial charge is 0.101 e. The highest BCUT2D eigenvalue weighted by atomic mass is 32.1. The topological polar surface area (TPSA) is 35.5 Å². The summed E-state index contributed by atoms with van der Waals surface area (Å²) in [5.74, 6) is 0.652. The molecular formula is C14H24N2OS. The monoisotopic (exact) mass is 268 g/mol. The lowest BCUT2D eigenvalue weighted by Crippen LogP contribution is -2.33. The quantitative estimate of drug-likeness (QED) is 0.795. The molecule has 18 heavy (non-hydrogen) atoms. The highest BCUT2D eigenvalue weighted by Gasteiger charge is 2.15. The van der Waals surface area contributed by atoms with Crippen LogP contribution in [-0.2, 0) is 0 Å². The average molecular weight is 268 g/mol. The molecule has 0 aromatic carbocycles. The Bertz CT molecular complexity index is 323. The first-order valence-corrected chi connectivity index (χ1v) is 7.78. The first-order chi connectivity index (χ1) is 8.75. The Kier molecular flexibility index (Phi) is 5.63. The van der Waals surface area contributed by atoms with E-state index in [9.17, 15) is 5.11 Å². The lowest BCUT2D eigenvalue weighted by molar-refractivity contribution is 0.174. The van der Waals surface area contributed by atoms with Crippen molar-refractivity contribution in [3.8, 4) is 0 Å². The standard InChI is InChI=1S/C14H24N2OS/c1-12(11-16-6-2-3-7-16)9-15-10-13(17)14-5-4-8-18-14/h4-5,8,12-13,15,17H,2-3,6-7,9-11H2,1H3. The van der Waals surface area contributed by atoms with Crippen molar-refractivity contribution in [3.63, 3.8) is 0 Å². The van der Waals surface area contributed by atoms with E-state index in [0.717, 1.165) is 11.4 Å². The second-order valence-corrected chi connectivity index (χ2v) is 6.28. The highest BCUT2D eigenvalue weighted by Crippen LogP contribution is 2.17. The Morgan fingerprint density at radius 1 is 1.39 bits per heavy atom. The largest absolute Gasteiger partial charge is 0.386 e. The van der Waals surface area contributed by atoms with Crippen LogP contribution in [0.25, 0.3) is 0 Å². The predicted octanol–water partition coefficient (Wildman–Crippen LogP) is 2.10. The molecule has 0 radical (unpaired) electrons. The number of hydrogen-bond acceptors (Lipinski definition) is 4. The average Bonchev–Trinajstić information content (AvgIpc) is 3.00. The van der Waals surface area contributed by atoms with E-state index in [1.807, 2.05) is 17.5 Å². The Labute approximate surface area is 114 Å². The summed E-state index contributed by atoms with van der Waals surface area (Å²) >= 11 is 1.62. The summed E-state index contributed by atoms with van der Waals surface area (Å²) in [6, 6.07) is 3.98. The molecule has 2 atom stereocenters. The van der Waals surface area contributed by atoms with Gasteiger partial charge < -0.3 is 15.3 Å². The van der Waals surface area contributed by atoms with Gasteiger partial charge in [0.2, 0.25) is 0 Å². The summed E-state index contributed by atoms with van der Waals surface area (Å²) in [5, 5.41) is 15.3. The van der Waals surface area contributed by atoms with Crippen LogP contribution in [0.3, 0.4) is 0 Å². The van der Waals surface area contributed by atoms with Gasteiger partial charge >= 0.3 is 0 Å². The second-order valence-electron chi connectivity index (χ2n) is 5.30. The first-order valence-electron chi connectivity index (χ1n) is 6.90. The van der Waals surface area contributed by atoms with E-state index in [0.29, 0.717) is 12.5 Å². The predicted molar refractivity (Wildman–Crippen MR) is 77.0 cm³/mol. The summed E-state index contributed by atoms with van der Waals surface area (Å²) < 4.78 is 0. The SMILES string of the molecule is CC(CNCC(O)c1cccs1)CN1CCCC1. The van der Waals surface area contributed by atoms with Crippen molar-refractivity contribution in [2.45, 2.75) is 25.9 Å². The Hall–Kier alpha value is -0.420. The number of likely N-dealkylation sites (tertiary alicyclic amines) is 1. The summed E-state index contributed by atoms with van der Waals surface area (Å²) in [5.41, 5.74) is 0. The van der Waals surface area contributed by atoms with Crippen molar-refractivity contribution in [3.05, 3.63) is 22.4 Å². The summed E-state index contributed by atoms with van der Waals surface area (Å²) in [6.45, 7) is 7.64. The number of nitrogens with one attached hydrogen (secondary N) is 1. The van der Waals surface area contributed by atoms with Gasteiger partial charge in [0.05, 0.1) is 0 Å². The molecule has 0 aliphatic carbocycles. The Morgan fingerprint density at radius 2 is 2.17 bits per heavy atom. The number of rotatable bonds is 7. The van der Waals surface area contributed by atoms with Gasteiger partial charge in [-0.25, -0.2) is 0 Å². The molecule has 1 aliphatic heterocycles. The van der Waals surface area contributed by atoms with Gasteiger partial charge in [-0.2, -0.15) is 0 Å². The molecule has 0 bridgehead atoms. The molecule has 2 unspecified atom stereocenters. The fraction of sp³-hybridized carbons (Fsp3) is 0.714. The highest BCUT2D eigenvalue weighted by molar-refractivity contribution is 7.10. The van der Waals surface area contributed by atoms with Gasteiger partial charge in [-0.05, 0) is 49.8 Å². The van der Waals surface area contributed by atoms with Crippen LogP contribution in [-0.4, -0.2) is 42.7 Å². The maximum atomic E-state index is 9.94.